The van der Waals surface area contributed by atoms with Gasteiger partial charge in [-0.25, -0.2) is 0 Å². The Labute approximate surface area is 109 Å². The second-order valence-corrected chi connectivity index (χ2v) is 5.18. The molecule has 1 atom stereocenters. The number of nitrogens with two attached hydrogens (primary N) is 1. The maximum Gasteiger partial charge on any atom is 0.254 e. The second-order valence-electron chi connectivity index (χ2n) is 5.18. The molecule has 0 bridgehead atoms. The molecule has 1 amide bonds. The third-order valence-electron chi connectivity index (χ3n) is 3.91. The Kier molecular flexibility index (Phi) is 4.02. The van der Waals surface area contributed by atoms with Gasteiger partial charge in [-0.15, -0.1) is 0 Å². The number of nitrogens with zero attached hydrogens (tertiary/aromatic N) is 1. The predicted molar refractivity (Wildman–Crippen MR) is 73.6 cm³/mol. The fraction of sp³-hybridized carbons (Fsp3) is 0.533. The molecule has 1 aliphatic rings. The van der Waals surface area contributed by atoms with Gasteiger partial charge in [0.15, 0.2) is 0 Å². The molecule has 0 aromatic heterocycles. The van der Waals surface area contributed by atoms with Crippen LogP contribution < -0.4 is 5.73 Å². The third kappa shape index (κ3) is 2.56. The highest BCUT2D eigenvalue weighted by Crippen LogP contribution is 2.20. The lowest BCUT2D eigenvalue weighted by atomic mass is 9.99. The summed E-state index contributed by atoms with van der Waals surface area (Å²) in [7, 11) is 0. The van der Waals surface area contributed by atoms with Crippen LogP contribution in [-0.2, 0) is 0 Å². The van der Waals surface area contributed by atoms with E-state index in [4.69, 9.17) is 5.73 Å². The summed E-state index contributed by atoms with van der Waals surface area (Å²) in [6.45, 7) is 5.51. The zero-order chi connectivity index (χ0) is 13.1. The van der Waals surface area contributed by atoms with Gasteiger partial charge in [-0.3, -0.25) is 4.79 Å². The fourth-order valence-corrected chi connectivity index (χ4v) is 2.55. The quantitative estimate of drug-likeness (QED) is 0.870. The lowest BCUT2D eigenvalue weighted by Crippen LogP contribution is -2.47. The Morgan fingerprint density at radius 2 is 2.11 bits per heavy atom. The highest BCUT2D eigenvalue weighted by molar-refractivity contribution is 5.94. The van der Waals surface area contributed by atoms with Gasteiger partial charge < -0.3 is 10.6 Å². The molecular formula is C15H22N2O. The van der Waals surface area contributed by atoms with E-state index in [1.54, 1.807) is 0 Å². The molecule has 3 heteroatoms. The van der Waals surface area contributed by atoms with Crippen LogP contribution in [0.1, 0.15) is 40.7 Å². The minimum Gasteiger partial charge on any atom is -0.334 e. The lowest BCUT2D eigenvalue weighted by molar-refractivity contribution is 0.0623. The smallest absolute Gasteiger partial charge is 0.254 e. The zero-order valence-corrected chi connectivity index (χ0v) is 11.3. The van der Waals surface area contributed by atoms with E-state index in [1.807, 2.05) is 30.0 Å². The van der Waals surface area contributed by atoms with E-state index >= 15 is 0 Å². The number of likely N-dealkylation sites (tertiary alicyclic amines) is 1. The van der Waals surface area contributed by atoms with E-state index in [0.29, 0.717) is 6.54 Å². The number of carbonyl (C=O) groups excluding carboxylic acids is 1. The van der Waals surface area contributed by atoms with E-state index in [9.17, 15) is 4.79 Å². The van der Waals surface area contributed by atoms with Gasteiger partial charge >= 0.3 is 0 Å². The summed E-state index contributed by atoms with van der Waals surface area (Å²) in [6.07, 6.45) is 3.30. The van der Waals surface area contributed by atoms with Gasteiger partial charge in [0.25, 0.3) is 5.91 Å². The van der Waals surface area contributed by atoms with Crippen molar-refractivity contribution in [2.24, 2.45) is 5.73 Å². The van der Waals surface area contributed by atoms with Crippen molar-refractivity contribution < 1.29 is 4.79 Å². The van der Waals surface area contributed by atoms with Crippen LogP contribution in [-0.4, -0.2) is 29.9 Å². The summed E-state index contributed by atoms with van der Waals surface area (Å²) in [4.78, 5) is 14.5. The number of hydrogen-bond donors (Lipinski definition) is 1. The molecule has 98 valence electrons. The van der Waals surface area contributed by atoms with Gasteiger partial charge in [0.05, 0.1) is 0 Å². The molecule has 1 unspecified atom stereocenters. The summed E-state index contributed by atoms with van der Waals surface area (Å²) >= 11 is 0. The molecule has 0 spiro atoms. The van der Waals surface area contributed by atoms with Crippen molar-refractivity contribution in [3.05, 3.63) is 34.9 Å². The number of carbonyl (C=O) groups is 1. The first-order valence-electron chi connectivity index (χ1n) is 6.71. The molecule has 1 aromatic carbocycles. The standard InChI is InChI=1S/C15H22N2O/c1-11-6-7-13(9-12(11)2)15(18)17-8-4-3-5-14(17)10-16/h6-7,9,14H,3-5,8,10,16H2,1-2H3. The minimum absolute atomic E-state index is 0.133. The number of aryl methyl sites for hydroxylation is 2. The largest absolute Gasteiger partial charge is 0.334 e. The number of hydrogen-bond acceptors (Lipinski definition) is 2. The first-order valence-corrected chi connectivity index (χ1v) is 6.71. The van der Waals surface area contributed by atoms with Crippen molar-refractivity contribution >= 4 is 5.91 Å². The van der Waals surface area contributed by atoms with E-state index in [-0.39, 0.29) is 11.9 Å². The van der Waals surface area contributed by atoms with Crippen LogP contribution in [0.15, 0.2) is 18.2 Å². The van der Waals surface area contributed by atoms with Crippen LogP contribution >= 0.6 is 0 Å². The van der Waals surface area contributed by atoms with Crippen LogP contribution in [0.4, 0.5) is 0 Å². The highest BCUT2D eigenvalue weighted by atomic mass is 16.2. The van der Waals surface area contributed by atoms with E-state index in [1.165, 1.54) is 17.5 Å². The topological polar surface area (TPSA) is 46.3 Å². The first-order chi connectivity index (χ1) is 8.63. The first kappa shape index (κ1) is 13.1. The second kappa shape index (κ2) is 5.53. The van der Waals surface area contributed by atoms with Gasteiger partial charge in [-0.05, 0) is 56.4 Å². The van der Waals surface area contributed by atoms with Crippen LogP contribution in [0.5, 0.6) is 0 Å². The normalized spacial score (nSPS) is 19.9. The average molecular weight is 246 g/mol. The SMILES string of the molecule is Cc1ccc(C(=O)N2CCCCC2CN)cc1C. The van der Waals surface area contributed by atoms with E-state index in [0.717, 1.165) is 24.9 Å². The molecule has 1 saturated heterocycles. The van der Waals surface area contributed by atoms with Crippen molar-refractivity contribution in [3.8, 4) is 0 Å². The van der Waals surface area contributed by atoms with Gasteiger partial charge in [-0.1, -0.05) is 6.07 Å². The van der Waals surface area contributed by atoms with Crippen molar-refractivity contribution in [3.63, 3.8) is 0 Å². The Balaban J connectivity index is 2.21. The molecule has 0 aliphatic carbocycles. The molecule has 1 fully saturated rings. The molecule has 0 radical (unpaired) electrons. The van der Waals surface area contributed by atoms with Crippen LogP contribution in [0.2, 0.25) is 0 Å². The number of piperidine rings is 1. The van der Waals surface area contributed by atoms with Gasteiger partial charge in [0.2, 0.25) is 0 Å². The summed E-state index contributed by atoms with van der Waals surface area (Å²) < 4.78 is 0. The average Bonchev–Trinajstić information content (AvgIpc) is 2.41. The van der Waals surface area contributed by atoms with Crippen molar-refractivity contribution in [2.75, 3.05) is 13.1 Å². The monoisotopic (exact) mass is 246 g/mol. The Hall–Kier alpha value is -1.35. The molecule has 18 heavy (non-hydrogen) atoms. The lowest BCUT2D eigenvalue weighted by Gasteiger charge is -2.35. The van der Waals surface area contributed by atoms with Crippen LogP contribution in [0.25, 0.3) is 0 Å². The molecule has 3 nitrogen and oxygen atoms in total. The zero-order valence-electron chi connectivity index (χ0n) is 11.3. The molecular weight excluding hydrogens is 224 g/mol. The Morgan fingerprint density at radius 1 is 1.33 bits per heavy atom. The van der Waals surface area contributed by atoms with Gasteiger partial charge in [0, 0.05) is 24.7 Å². The number of amides is 1. The maximum atomic E-state index is 12.5. The van der Waals surface area contributed by atoms with Crippen molar-refractivity contribution in [2.45, 2.75) is 39.2 Å². The number of rotatable bonds is 2. The Bertz CT molecular complexity index is 442. The fourth-order valence-electron chi connectivity index (χ4n) is 2.55. The third-order valence-corrected chi connectivity index (χ3v) is 3.91. The number of benzene rings is 1. The van der Waals surface area contributed by atoms with Crippen LogP contribution in [0.3, 0.4) is 0 Å². The maximum absolute atomic E-state index is 12.5. The molecule has 1 aromatic rings. The summed E-state index contributed by atoms with van der Waals surface area (Å²) in [5, 5.41) is 0. The van der Waals surface area contributed by atoms with Crippen molar-refractivity contribution in [1.29, 1.82) is 0 Å². The summed E-state index contributed by atoms with van der Waals surface area (Å²) in [6, 6.07) is 6.14. The molecule has 0 saturated carbocycles. The molecule has 1 heterocycles. The van der Waals surface area contributed by atoms with Gasteiger partial charge in [-0.2, -0.15) is 0 Å². The minimum atomic E-state index is 0.133. The van der Waals surface area contributed by atoms with E-state index < -0.39 is 0 Å². The van der Waals surface area contributed by atoms with E-state index in [2.05, 4.69) is 6.92 Å². The highest BCUT2D eigenvalue weighted by Gasteiger charge is 2.26. The Morgan fingerprint density at radius 3 is 2.78 bits per heavy atom. The summed E-state index contributed by atoms with van der Waals surface area (Å²) in [5.41, 5.74) is 8.95. The predicted octanol–water partition coefficient (Wildman–Crippen LogP) is 2.26. The van der Waals surface area contributed by atoms with Crippen molar-refractivity contribution in [1.82, 2.24) is 4.90 Å². The summed E-state index contributed by atoms with van der Waals surface area (Å²) in [5.74, 6) is 0.133. The van der Waals surface area contributed by atoms with Gasteiger partial charge in [0.1, 0.15) is 0 Å². The molecule has 2 rings (SSSR count). The molecule has 2 N–H and O–H groups in total. The molecule has 1 aliphatic heterocycles. The van der Waals surface area contributed by atoms with Crippen LogP contribution in [0, 0.1) is 13.8 Å².